The van der Waals surface area contributed by atoms with E-state index in [1.54, 1.807) is 22.3 Å². The summed E-state index contributed by atoms with van der Waals surface area (Å²) in [5.74, 6) is -0.195. The van der Waals surface area contributed by atoms with Crippen molar-refractivity contribution in [2.75, 3.05) is 24.5 Å². The number of benzene rings is 1. The zero-order valence-corrected chi connectivity index (χ0v) is 13.6. The predicted molar refractivity (Wildman–Crippen MR) is 87.8 cm³/mol. The Morgan fingerprint density at radius 1 is 1.35 bits per heavy atom. The number of anilines is 1. The van der Waals surface area contributed by atoms with Crippen molar-refractivity contribution >= 4 is 22.9 Å². The minimum absolute atomic E-state index is 0.000655. The molecule has 0 aliphatic carbocycles. The Bertz CT molecular complexity index is 720. The topological polar surface area (TPSA) is 36.4 Å². The van der Waals surface area contributed by atoms with E-state index in [0.29, 0.717) is 18.7 Å². The molecule has 2 aliphatic heterocycles. The minimum atomic E-state index is -0.298. The van der Waals surface area contributed by atoms with Crippen LogP contribution in [0.25, 0.3) is 0 Å². The Hall–Kier alpha value is -1.79. The predicted octanol–water partition coefficient (Wildman–Crippen LogP) is 2.91. The van der Waals surface area contributed by atoms with Gasteiger partial charge in [0.1, 0.15) is 10.8 Å². The number of carbonyl (C=O) groups excluding carboxylic acids is 1. The van der Waals surface area contributed by atoms with Gasteiger partial charge < -0.3 is 4.90 Å². The molecule has 1 atom stereocenters. The van der Waals surface area contributed by atoms with Gasteiger partial charge in [-0.25, -0.2) is 9.37 Å². The van der Waals surface area contributed by atoms with Gasteiger partial charge in [-0.1, -0.05) is 6.07 Å². The number of aromatic nitrogens is 1. The van der Waals surface area contributed by atoms with Crippen molar-refractivity contribution in [1.82, 2.24) is 9.88 Å². The summed E-state index contributed by atoms with van der Waals surface area (Å²) < 4.78 is 13.4. The Balaban J connectivity index is 1.48. The summed E-state index contributed by atoms with van der Waals surface area (Å²) in [6.45, 7) is 3.44. The molecule has 0 radical (unpaired) electrons. The maximum absolute atomic E-state index is 13.4. The van der Waals surface area contributed by atoms with Crippen molar-refractivity contribution in [2.24, 2.45) is 5.41 Å². The van der Waals surface area contributed by atoms with Crippen LogP contribution in [0.5, 0.6) is 0 Å². The quantitative estimate of drug-likeness (QED) is 0.868. The molecule has 23 heavy (non-hydrogen) atoms. The lowest BCUT2D eigenvalue weighted by Gasteiger charge is -2.24. The standard InChI is InChI=1S/C17H18FN3OS/c18-13-2-1-3-14(8-13)21-12-17(9-16(21)22)4-6-20(11-17)10-15-19-5-7-23-15/h1-3,5,7-8H,4,6,9-12H2/t17-/m0/s1. The molecule has 4 nitrogen and oxygen atoms in total. The van der Waals surface area contributed by atoms with E-state index in [2.05, 4.69) is 9.88 Å². The molecule has 1 amide bonds. The summed E-state index contributed by atoms with van der Waals surface area (Å²) in [7, 11) is 0. The Labute approximate surface area is 138 Å². The van der Waals surface area contributed by atoms with Crippen LogP contribution in [0.15, 0.2) is 35.8 Å². The highest BCUT2D eigenvalue weighted by Gasteiger charge is 2.47. The first-order valence-corrected chi connectivity index (χ1v) is 8.68. The molecular weight excluding hydrogens is 313 g/mol. The van der Waals surface area contributed by atoms with Crippen LogP contribution in [0.4, 0.5) is 10.1 Å². The van der Waals surface area contributed by atoms with Crippen molar-refractivity contribution in [2.45, 2.75) is 19.4 Å². The van der Waals surface area contributed by atoms with Gasteiger partial charge in [-0.2, -0.15) is 0 Å². The molecule has 2 aromatic rings. The molecule has 0 bridgehead atoms. The van der Waals surface area contributed by atoms with Gasteiger partial charge in [0, 0.05) is 42.2 Å². The van der Waals surface area contributed by atoms with Crippen molar-refractivity contribution in [3.63, 3.8) is 0 Å². The molecule has 0 unspecified atom stereocenters. The SMILES string of the molecule is O=C1C[C@]2(CCN(Cc3nccs3)C2)CN1c1cccc(F)c1. The minimum Gasteiger partial charge on any atom is -0.312 e. The number of nitrogens with zero attached hydrogens (tertiary/aromatic N) is 3. The Morgan fingerprint density at radius 2 is 2.26 bits per heavy atom. The Kier molecular flexibility index (Phi) is 3.66. The van der Waals surface area contributed by atoms with Gasteiger partial charge in [0.2, 0.25) is 5.91 Å². The summed E-state index contributed by atoms with van der Waals surface area (Å²) in [6, 6.07) is 6.32. The molecule has 2 saturated heterocycles. The van der Waals surface area contributed by atoms with Crippen LogP contribution in [0.3, 0.4) is 0 Å². The van der Waals surface area contributed by atoms with Crippen LogP contribution in [-0.4, -0.2) is 35.4 Å². The number of thiazole rings is 1. The number of amides is 1. The highest BCUT2D eigenvalue weighted by Crippen LogP contribution is 2.42. The molecule has 1 spiro atoms. The van der Waals surface area contributed by atoms with Crippen LogP contribution in [-0.2, 0) is 11.3 Å². The second kappa shape index (κ2) is 5.69. The first-order chi connectivity index (χ1) is 11.1. The zero-order chi connectivity index (χ0) is 15.9. The average Bonchev–Trinajstić information content (AvgIpc) is 3.22. The third-order valence-electron chi connectivity index (χ3n) is 4.80. The van der Waals surface area contributed by atoms with E-state index in [1.807, 2.05) is 17.6 Å². The van der Waals surface area contributed by atoms with Gasteiger partial charge in [0.05, 0.1) is 6.54 Å². The fraction of sp³-hybridized carbons (Fsp3) is 0.412. The summed E-state index contributed by atoms with van der Waals surface area (Å²) in [5.41, 5.74) is 0.672. The van der Waals surface area contributed by atoms with E-state index >= 15 is 0 Å². The van der Waals surface area contributed by atoms with Gasteiger partial charge in [0.15, 0.2) is 0 Å². The Morgan fingerprint density at radius 3 is 3.04 bits per heavy atom. The number of rotatable bonds is 3. The molecule has 4 rings (SSSR count). The van der Waals surface area contributed by atoms with E-state index in [4.69, 9.17) is 0 Å². The lowest BCUT2D eigenvalue weighted by atomic mass is 9.86. The van der Waals surface area contributed by atoms with E-state index in [0.717, 1.165) is 31.1 Å². The fourth-order valence-electron chi connectivity index (χ4n) is 3.73. The van der Waals surface area contributed by atoms with E-state index in [1.165, 1.54) is 12.1 Å². The van der Waals surface area contributed by atoms with E-state index < -0.39 is 0 Å². The highest BCUT2D eigenvalue weighted by molar-refractivity contribution is 7.09. The number of hydrogen-bond acceptors (Lipinski definition) is 4. The van der Waals surface area contributed by atoms with Crippen LogP contribution in [0, 0.1) is 11.2 Å². The van der Waals surface area contributed by atoms with Crippen LogP contribution in [0.2, 0.25) is 0 Å². The van der Waals surface area contributed by atoms with E-state index in [9.17, 15) is 9.18 Å². The zero-order valence-electron chi connectivity index (χ0n) is 12.7. The highest BCUT2D eigenvalue weighted by atomic mass is 32.1. The number of carbonyl (C=O) groups is 1. The van der Waals surface area contributed by atoms with Gasteiger partial charge >= 0.3 is 0 Å². The van der Waals surface area contributed by atoms with Gasteiger partial charge in [-0.05, 0) is 31.2 Å². The normalized spacial score (nSPS) is 24.9. The maximum Gasteiger partial charge on any atom is 0.227 e. The molecule has 3 heterocycles. The first kappa shape index (κ1) is 14.8. The first-order valence-electron chi connectivity index (χ1n) is 7.80. The molecule has 1 aromatic carbocycles. The van der Waals surface area contributed by atoms with Gasteiger partial charge in [0.25, 0.3) is 0 Å². The summed E-state index contributed by atoms with van der Waals surface area (Å²) in [5, 5.41) is 3.11. The molecule has 120 valence electrons. The second-order valence-corrected chi connectivity index (χ2v) is 7.50. The average molecular weight is 331 g/mol. The molecule has 6 heteroatoms. The molecule has 1 aromatic heterocycles. The van der Waals surface area contributed by atoms with Crippen LogP contribution >= 0.6 is 11.3 Å². The summed E-state index contributed by atoms with van der Waals surface area (Å²) in [6.07, 6.45) is 3.39. The molecular formula is C17H18FN3OS. The van der Waals surface area contributed by atoms with Crippen molar-refractivity contribution < 1.29 is 9.18 Å². The smallest absolute Gasteiger partial charge is 0.227 e. The van der Waals surface area contributed by atoms with Crippen molar-refractivity contribution in [1.29, 1.82) is 0 Å². The van der Waals surface area contributed by atoms with Crippen LogP contribution in [0.1, 0.15) is 17.8 Å². The second-order valence-electron chi connectivity index (χ2n) is 6.52. The third-order valence-corrected chi connectivity index (χ3v) is 5.56. The molecule has 2 aliphatic rings. The van der Waals surface area contributed by atoms with Crippen molar-refractivity contribution in [3.8, 4) is 0 Å². The van der Waals surface area contributed by atoms with Crippen molar-refractivity contribution in [3.05, 3.63) is 46.7 Å². The number of likely N-dealkylation sites (tertiary alicyclic amines) is 1. The maximum atomic E-state index is 13.4. The lowest BCUT2D eigenvalue weighted by molar-refractivity contribution is -0.117. The van der Waals surface area contributed by atoms with E-state index in [-0.39, 0.29) is 17.1 Å². The molecule has 0 N–H and O–H groups in total. The largest absolute Gasteiger partial charge is 0.312 e. The monoisotopic (exact) mass is 331 g/mol. The van der Waals surface area contributed by atoms with Gasteiger partial charge in [-0.15, -0.1) is 11.3 Å². The number of halogens is 1. The van der Waals surface area contributed by atoms with Gasteiger partial charge in [-0.3, -0.25) is 9.69 Å². The molecule has 2 fully saturated rings. The van der Waals surface area contributed by atoms with Crippen LogP contribution < -0.4 is 4.90 Å². The summed E-state index contributed by atoms with van der Waals surface area (Å²) >= 11 is 1.67. The fourth-order valence-corrected chi connectivity index (χ4v) is 4.39. The summed E-state index contributed by atoms with van der Waals surface area (Å²) in [4.78, 5) is 20.9. The molecule has 0 saturated carbocycles. The third kappa shape index (κ3) is 2.88. The number of hydrogen-bond donors (Lipinski definition) is 0. The lowest BCUT2D eigenvalue weighted by Crippen LogP contribution is -2.31.